The third-order valence-electron chi connectivity index (χ3n) is 4.02. The van der Waals surface area contributed by atoms with Gasteiger partial charge in [-0.3, -0.25) is 0 Å². The number of aromatic nitrogens is 1. The molecule has 1 aromatic rings. The molecule has 1 fully saturated rings. The predicted octanol–water partition coefficient (Wildman–Crippen LogP) is 4.78. The van der Waals surface area contributed by atoms with Gasteiger partial charge in [-0.1, -0.05) is 32.6 Å². The van der Waals surface area contributed by atoms with Gasteiger partial charge in [0.15, 0.2) is 0 Å². The monoisotopic (exact) mass is 310 g/mol. The maximum absolute atomic E-state index is 4.51. The highest BCUT2D eigenvalue weighted by Gasteiger charge is 2.17. The number of hydrogen-bond donors (Lipinski definition) is 1. The van der Waals surface area contributed by atoms with Gasteiger partial charge in [0.1, 0.15) is 5.82 Å². The molecule has 0 unspecified atom stereocenters. The lowest BCUT2D eigenvalue weighted by atomic mass is 9.81. The van der Waals surface area contributed by atoms with Crippen LogP contribution in [0.15, 0.2) is 16.6 Å². The molecule has 0 radical (unpaired) electrons. The summed E-state index contributed by atoms with van der Waals surface area (Å²) in [7, 11) is 0. The molecule has 1 heterocycles. The van der Waals surface area contributed by atoms with Crippen molar-refractivity contribution in [2.45, 2.75) is 46.0 Å². The van der Waals surface area contributed by atoms with Crippen molar-refractivity contribution in [2.24, 2.45) is 11.8 Å². The smallest absolute Gasteiger partial charge is 0.126 e. The van der Waals surface area contributed by atoms with Crippen LogP contribution in [0.25, 0.3) is 0 Å². The zero-order valence-corrected chi connectivity index (χ0v) is 13.0. The Morgan fingerprint density at radius 1 is 1.28 bits per heavy atom. The number of pyridine rings is 1. The summed E-state index contributed by atoms with van der Waals surface area (Å²) in [5, 5.41) is 3.44. The maximum atomic E-state index is 4.51. The molecule has 100 valence electrons. The third kappa shape index (κ3) is 3.98. The van der Waals surface area contributed by atoms with Gasteiger partial charge in [-0.2, -0.15) is 0 Å². The standard InChI is InChI=1S/C15H23BrN2/c1-11-3-5-13(6-4-11)9-10-17-15-8-7-14(16)12(2)18-15/h7-8,11,13H,3-6,9-10H2,1-2H3,(H,17,18). The molecule has 0 amide bonds. The van der Waals surface area contributed by atoms with Crippen LogP contribution in [0, 0.1) is 18.8 Å². The maximum Gasteiger partial charge on any atom is 0.126 e. The SMILES string of the molecule is Cc1nc(NCCC2CCC(C)CC2)ccc1Br. The van der Waals surface area contributed by atoms with Gasteiger partial charge in [0.05, 0.1) is 5.69 Å². The molecule has 1 N–H and O–H groups in total. The number of aryl methyl sites for hydroxylation is 1. The van der Waals surface area contributed by atoms with E-state index in [0.717, 1.165) is 34.4 Å². The lowest BCUT2D eigenvalue weighted by Crippen LogP contribution is -2.16. The van der Waals surface area contributed by atoms with E-state index >= 15 is 0 Å². The fourth-order valence-electron chi connectivity index (χ4n) is 2.66. The van der Waals surface area contributed by atoms with E-state index < -0.39 is 0 Å². The van der Waals surface area contributed by atoms with Crippen LogP contribution in [0.4, 0.5) is 5.82 Å². The van der Waals surface area contributed by atoms with Crippen molar-refractivity contribution < 1.29 is 0 Å². The Balaban J connectivity index is 1.73. The van der Waals surface area contributed by atoms with Gasteiger partial charge in [0.2, 0.25) is 0 Å². The summed E-state index contributed by atoms with van der Waals surface area (Å²) < 4.78 is 1.08. The number of nitrogens with zero attached hydrogens (tertiary/aromatic N) is 1. The predicted molar refractivity (Wildman–Crippen MR) is 80.9 cm³/mol. The summed E-state index contributed by atoms with van der Waals surface area (Å²) in [6.45, 7) is 5.45. The van der Waals surface area contributed by atoms with Crippen molar-refractivity contribution in [1.29, 1.82) is 0 Å². The Morgan fingerprint density at radius 2 is 2.00 bits per heavy atom. The molecule has 0 aliphatic heterocycles. The minimum absolute atomic E-state index is 0.922. The van der Waals surface area contributed by atoms with Gasteiger partial charge in [-0.25, -0.2) is 4.98 Å². The summed E-state index contributed by atoms with van der Waals surface area (Å²) in [4.78, 5) is 4.51. The molecule has 3 heteroatoms. The molecule has 0 saturated heterocycles. The number of nitrogens with one attached hydrogen (secondary N) is 1. The normalized spacial score (nSPS) is 23.9. The Bertz CT molecular complexity index is 384. The Hall–Kier alpha value is -0.570. The molecule has 18 heavy (non-hydrogen) atoms. The molecule has 0 atom stereocenters. The molecule has 0 spiro atoms. The summed E-state index contributed by atoms with van der Waals surface area (Å²) in [6.07, 6.45) is 6.94. The van der Waals surface area contributed by atoms with Gasteiger partial charge in [0.25, 0.3) is 0 Å². The molecular weight excluding hydrogens is 288 g/mol. The van der Waals surface area contributed by atoms with Crippen molar-refractivity contribution in [1.82, 2.24) is 4.98 Å². The molecule has 0 bridgehead atoms. The first kappa shape index (κ1) is 13.9. The van der Waals surface area contributed by atoms with E-state index in [4.69, 9.17) is 0 Å². The topological polar surface area (TPSA) is 24.9 Å². The molecule has 0 aromatic carbocycles. The Labute approximate surface area is 119 Å². The van der Waals surface area contributed by atoms with Crippen LogP contribution in [0.5, 0.6) is 0 Å². The highest BCUT2D eigenvalue weighted by atomic mass is 79.9. The number of halogens is 1. The quantitative estimate of drug-likeness (QED) is 0.865. The van der Waals surface area contributed by atoms with E-state index in [2.05, 4.69) is 39.2 Å². The Kier molecular flexibility index (Phi) is 5.04. The lowest BCUT2D eigenvalue weighted by Gasteiger charge is -2.26. The second-order valence-corrected chi connectivity index (χ2v) is 6.46. The summed E-state index contributed by atoms with van der Waals surface area (Å²) in [6, 6.07) is 4.10. The molecular formula is C15H23BrN2. The second-order valence-electron chi connectivity index (χ2n) is 5.61. The second kappa shape index (κ2) is 6.55. The van der Waals surface area contributed by atoms with E-state index in [9.17, 15) is 0 Å². The first-order valence-electron chi connectivity index (χ1n) is 7.02. The zero-order chi connectivity index (χ0) is 13.0. The molecule has 2 rings (SSSR count). The van der Waals surface area contributed by atoms with Gasteiger partial charge >= 0.3 is 0 Å². The van der Waals surface area contributed by atoms with Crippen molar-refractivity contribution in [2.75, 3.05) is 11.9 Å². The van der Waals surface area contributed by atoms with Crippen molar-refractivity contribution in [3.05, 3.63) is 22.3 Å². The molecule has 1 aliphatic carbocycles. The average molecular weight is 311 g/mol. The minimum atomic E-state index is 0.922. The van der Waals surface area contributed by atoms with Crippen LogP contribution in [0.1, 0.15) is 44.7 Å². The highest BCUT2D eigenvalue weighted by molar-refractivity contribution is 9.10. The van der Waals surface area contributed by atoms with Crippen LogP contribution in [0.2, 0.25) is 0 Å². The minimum Gasteiger partial charge on any atom is -0.370 e. The Morgan fingerprint density at radius 3 is 2.67 bits per heavy atom. The lowest BCUT2D eigenvalue weighted by molar-refractivity contribution is 0.282. The first-order valence-corrected chi connectivity index (χ1v) is 7.81. The average Bonchev–Trinajstić information content (AvgIpc) is 2.36. The largest absolute Gasteiger partial charge is 0.370 e. The zero-order valence-electron chi connectivity index (χ0n) is 11.4. The number of hydrogen-bond acceptors (Lipinski definition) is 2. The van der Waals surface area contributed by atoms with Crippen LogP contribution >= 0.6 is 15.9 Å². The third-order valence-corrected chi connectivity index (χ3v) is 4.85. The van der Waals surface area contributed by atoms with E-state index in [1.165, 1.54) is 32.1 Å². The highest BCUT2D eigenvalue weighted by Crippen LogP contribution is 2.30. The first-order chi connectivity index (χ1) is 8.65. The van der Waals surface area contributed by atoms with Crippen LogP contribution in [-0.4, -0.2) is 11.5 Å². The van der Waals surface area contributed by atoms with Gasteiger partial charge in [-0.05, 0) is 53.2 Å². The van der Waals surface area contributed by atoms with E-state index in [-0.39, 0.29) is 0 Å². The fraction of sp³-hybridized carbons (Fsp3) is 0.667. The molecule has 1 saturated carbocycles. The van der Waals surface area contributed by atoms with Gasteiger partial charge in [-0.15, -0.1) is 0 Å². The summed E-state index contributed by atoms with van der Waals surface area (Å²) >= 11 is 3.48. The van der Waals surface area contributed by atoms with Crippen molar-refractivity contribution in [3.63, 3.8) is 0 Å². The van der Waals surface area contributed by atoms with Gasteiger partial charge in [0, 0.05) is 11.0 Å². The van der Waals surface area contributed by atoms with Crippen LogP contribution < -0.4 is 5.32 Å². The molecule has 1 aliphatic rings. The van der Waals surface area contributed by atoms with Crippen molar-refractivity contribution >= 4 is 21.7 Å². The summed E-state index contributed by atoms with van der Waals surface area (Å²) in [5.41, 5.74) is 1.05. The number of anilines is 1. The molecule has 2 nitrogen and oxygen atoms in total. The van der Waals surface area contributed by atoms with Crippen LogP contribution in [-0.2, 0) is 0 Å². The number of rotatable bonds is 4. The van der Waals surface area contributed by atoms with Gasteiger partial charge < -0.3 is 5.32 Å². The van der Waals surface area contributed by atoms with E-state index in [1.807, 2.05) is 13.0 Å². The van der Waals surface area contributed by atoms with E-state index in [1.54, 1.807) is 0 Å². The van der Waals surface area contributed by atoms with E-state index in [0.29, 0.717) is 0 Å². The van der Waals surface area contributed by atoms with Crippen molar-refractivity contribution in [3.8, 4) is 0 Å². The fourth-order valence-corrected chi connectivity index (χ4v) is 2.89. The summed E-state index contributed by atoms with van der Waals surface area (Å²) in [5.74, 6) is 2.87. The van der Waals surface area contributed by atoms with Crippen LogP contribution in [0.3, 0.4) is 0 Å². The molecule has 1 aromatic heterocycles.